The van der Waals surface area contributed by atoms with E-state index in [1.54, 1.807) is 7.11 Å². The number of aryl methyl sites for hydroxylation is 1. The first-order chi connectivity index (χ1) is 6.06. The number of aromatic nitrogens is 2. The van der Waals surface area contributed by atoms with Gasteiger partial charge < -0.3 is 10.5 Å². The van der Waals surface area contributed by atoms with Crippen molar-refractivity contribution in [1.82, 2.24) is 9.97 Å². The van der Waals surface area contributed by atoms with Gasteiger partial charge in [0.1, 0.15) is 5.82 Å². The SMILES string of the molecule is COc1nc(C)nc(C(C)N)c1C. The Hall–Kier alpha value is -1.16. The van der Waals surface area contributed by atoms with Crippen LogP contribution in [0.3, 0.4) is 0 Å². The minimum atomic E-state index is -0.0874. The van der Waals surface area contributed by atoms with Gasteiger partial charge in [0, 0.05) is 11.6 Å². The summed E-state index contributed by atoms with van der Waals surface area (Å²) in [5.74, 6) is 1.30. The van der Waals surface area contributed by atoms with E-state index in [-0.39, 0.29) is 6.04 Å². The van der Waals surface area contributed by atoms with Crippen molar-refractivity contribution in [3.05, 3.63) is 17.1 Å². The van der Waals surface area contributed by atoms with Gasteiger partial charge in [-0.2, -0.15) is 4.98 Å². The largest absolute Gasteiger partial charge is 0.481 e. The van der Waals surface area contributed by atoms with Gasteiger partial charge in [0.2, 0.25) is 5.88 Å². The summed E-state index contributed by atoms with van der Waals surface area (Å²) in [6.45, 7) is 5.64. The van der Waals surface area contributed by atoms with Crippen molar-refractivity contribution < 1.29 is 4.74 Å². The second-order valence-corrected chi connectivity index (χ2v) is 3.08. The molecule has 0 radical (unpaired) electrons. The molecule has 1 rings (SSSR count). The lowest BCUT2D eigenvalue weighted by atomic mass is 10.1. The number of hydrogen-bond acceptors (Lipinski definition) is 4. The first-order valence-corrected chi connectivity index (χ1v) is 4.21. The van der Waals surface area contributed by atoms with Gasteiger partial charge in [-0.05, 0) is 20.8 Å². The molecule has 2 N–H and O–H groups in total. The van der Waals surface area contributed by atoms with Crippen molar-refractivity contribution in [2.75, 3.05) is 7.11 Å². The summed E-state index contributed by atoms with van der Waals surface area (Å²) in [6, 6.07) is -0.0874. The fraction of sp³-hybridized carbons (Fsp3) is 0.556. The first-order valence-electron chi connectivity index (χ1n) is 4.21. The summed E-state index contributed by atoms with van der Waals surface area (Å²) in [5.41, 5.74) is 7.53. The standard InChI is InChI=1S/C9H15N3O/c1-5-8(6(2)10)11-7(3)12-9(5)13-4/h6H,10H2,1-4H3. The third kappa shape index (κ3) is 1.95. The van der Waals surface area contributed by atoms with Crippen LogP contribution < -0.4 is 10.5 Å². The maximum atomic E-state index is 5.76. The molecule has 0 aliphatic carbocycles. The van der Waals surface area contributed by atoms with Crippen LogP contribution in [0.1, 0.15) is 30.0 Å². The Bertz CT molecular complexity index is 310. The highest BCUT2D eigenvalue weighted by atomic mass is 16.5. The van der Waals surface area contributed by atoms with Crippen molar-refractivity contribution in [1.29, 1.82) is 0 Å². The van der Waals surface area contributed by atoms with Crippen molar-refractivity contribution in [3.63, 3.8) is 0 Å². The average Bonchev–Trinajstić information content (AvgIpc) is 2.08. The molecule has 0 amide bonds. The van der Waals surface area contributed by atoms with Crippen molar-refractivity contribution in [2.45, 2.75) is 26.8 Å². The quantitative estimate of drug-likeness (QED) is 0.742. The van der Waals surface area contributed by atoms with E-state index < -0.39 is 0 Å². The molecule has 0 aromatic carbocycles. The molecular formula is C9H15N3O. The fourth-order valence-corrected chi connectivity index (χ4v) is 1.27. The molecule has 0 aliphatic heterocycles. The molecule has 4 nitrogen and oxygen atoms in total. The maximum Gasteiger partial charge on any atom is 0.219 e. The van der Waals surface area contributed by atoms with Gasteiger partial charge in [0.15, 0.2) is 0 Å². The van der Waals surface area contributed by atoms with Crippen LogP contribution in [0, 0.1) is 13.8 Å². The Morgan fingerprint density at radius 3 is 2.38 bits per heavy atom. The van der Waals surface area contributed by atoms with Crippen LogP contribution in [-0.4, -0.2) is 17.1 Å². The van der Waals surface area contributed by atoms with Gasteiger partial charge in [-0.25, -0.2) is 4.98 Å². The molecule has 0 fully saturated rings. The molecule has 0 aliphatic rings. The summed E-state index contributed by atoms with van der Waals surface area (Å²) in [4.78, 5) is 8.41. The average molecular weight is 181 g/mol. The molecule has 1 aromatic rings. The second-order valence-electron chi connectivity index (χ2n) is 3.08. The van der Waals surface area contributed by atoms with E-state index in [9.17, 15) is 0 Å². The number of rotatable bonds is 2. The van der Waals surface area contributed by atoms with Gasteiger partial charge in [0.25, 0.3) is 0 Å². The zero-order chi connectivity index (χ0) is 10.0. The molecule has 0 saturated heterocycles. The summed E-state index contributed by atoms with van der Waals surface area (Å²) >= 11 is 0. The van der Waals surface area contributed by atoms with E-state index in [2.05, 4.69) is 9.97 Å². The number of nitrogens with two attached hydrogens (primary N) is 1. The maximum absolute atomic E-state index is 5.76. The zero-order valence-corrected chi connectivity index (χ0v) is 8.46. The Balaban J connectivity index is 3.27. The van der Waals surface area contributed by atoms with Crippen LogP contribution in [0.2, 0.25) is 0 Å². The molecule has 13 heavy (non-hydrogen) atoms. The summed E-state index contributed by atoms with van der Waals surface area (Å²) in [7, 11) is 1.60. The Kier molecular flexibility index (Phi) is 2.83. The molecule has 1 heterocycles. The van der Waals surface area contributed by atoms with Crippen LogP contribution in [0.5, 0.6) is 5.88 Å². The lowest BCUT2D eigenvalue weighted by Crippen LogP contribution is -2.12. The minimum Gasteiger partial charge on any atom is -0.481 e. The Morgan fingerprint density at radius 1 is 1.31 bits per heavy atom. The van der Waals surface area contributed by atoms with E-state index in [1.807, 2.05) is 20.8 Å². The van der Waals surface area contributed by atoms with Crippen LogP contribution in [-0.2, 0) is 0 Å². The van der Waals surface area contributed by atoms with Crippen LogP contribution in [0.15, 0.2) is 0 Å². The third-order valence-electron chi connectivity index (χ3n) is 1.88. The van der Waals surface area contributed by atoms with Gasteiger partial charge in [0.05, 0.1) is 12.8 Å². The Labute approximate surface area is 78.1 Å². The number of nitrogens with zero attached hydrogens (tertiary/aromatic N) is 2. The van der Waals surface area contributed by atoms with E-state index >= 15 is 0 Å². The molecule has 4 heteroatoms. The Morgan fingerprint density at radius 2 is 1.92 bits per heavy atom. The molecule has 72 valence electrons. The monoisotopic (exact) mass is 181 g/mol. The summed E-state index contributed by atoms with van der Waals surface area (Å²) in [6.07, 6.45) is 0. The molecule has 0 bridgehead atoms. The van der Waals surface area contributed by atoms with Crippen LogP contribution in [0.4, 0.5) is 0 Å². The normalized spacial score (nSPS) is 12.7. The molecule has 0 spiro atoms. The van der Waals surface area contributed by atoms with E-state index in [4.69, 9.17) is 10.5 Å². The van der Waals surface area contributed by atoms with Crippen molar-refractivity contribution in [2.24, 2.45) is 5.73 Å². The third-order valence-corrected chi connectivity index (χ3v) is 1.88. The van der Waals surface area contributed by atoms with Gasteiger partial charge in [-0.1, -0.05) is 0 Å². The number of methoxy groups -OCH3 is 1. The number of ether oxygens (including phenoxy) is 1. The molecule has 1 aromatic heterocycles. The highest BCUT2D eigenvalue weighted by molar-refractivity contribution is 5.30. The molecule has 1 atom stereocenters. The topological polar surface area (TPSA) is 61.0 Å². The van der Waals surface area contributed by atoms with Gasteiger partial charge >= 0.3 is 0 Å². The van der Waals surface area contributed by atoms with E-state index in [0.29, 0.717) is 11.7 Å². The highest BCUT2D eigenvalue weighted by Crippen LogP contribution is 2.20. The van der Waals surface area contributed by atoms with Crippen LogP contribution >= 0.6 is 0 Å². The van der Waals surface area contributed by atoms with Crippen molar-refractivity contribution >= 4 is 0 Å². The van der Waals surface area contributed by atoms with Gasteiger partial charge in [-0.3, -0.25) is 0 Å². The molecular weight excluding hydrogens is 166 g/mol. The second kappa shape index (κ2) is 3.70. The summed E-state index contributed by atoms with van der Waals surface area (Å²) < 4.78 is 5.11. The van der Waals surface area contributed by atoms with E-state index in [1.165, 1.54) is 0 Å². The lowest BCUT2D eigenvalue weighted by Gasteiger charge is -2.12. The minimum absolute atomic E-state index is 0.0874. The predicted octanol–water partition coefficient (Wildman–Crippen LogP) is 1.12. The zero-order valence-electron chi connectivity index (χ0n) is 8.46. The smallest absolute Gasteiger partial charge is 0.219 e. The van der Waals surface area contributed by atoms with E-state index in [0.717, 1.165) is 11.3 Å². The first kappa shape index (κ1) is 9.92. The predicted molar refractivity (Wildman–Crippen MR) is 50.7 cm³/mol. The molecule has 0 saturated carbocycles. The summed E-state index contributed by atoms with van der Waals surface area (Å²) in [5, 5.41) is 0. The van der Waals surface area contributed by atoms with Crippen LogP contribution in [0.25, 0.3) is 0 Å². The van der Waals surface area contributed by atoms with Gasteiger partial charge in [-0.15, -0.1) is 0 Å². The van der Waals surface area contributed by atoms with Crippen molar-refractivity contribution in [3.8, 4) is 5.88 Å². The molecule has 1 unspecified atom stereocenters. The highest BCUT2D eigenvalue weighted by Gasteiger charge is 2.11. The lowest BCUT2D eigenvalue weighted by molar-refractivity contribution is 0.390. The fourth-order valence-electron chi connectivity index (χ4n) is 1.27. The number of hydrogen-bond donors (Lipinski definition) is 1.